The molecule has 6 rings (SSSR count). The van der Waals surface area contributed by atoms with Gasteiger partial charge in [-0.25, -0.2) is 9.59 Å². The molecule has 0 spiro atoms. The lowest BCUT2D eigenvalue weighted by molar-refractivity contribution is -0.143. The number of fused-ring (bicyclic) bond motifs is 1. The van der Waals surface area contributed by atoms with Crippen LogP contribution in [0, 0.1) is 20.8 Å². The average Bonchev–Trinajstić information content (AvgIpc) is 3.25. The zero-order chi connectivity index (χ0) is 32.2. The highest BCUT2D eigenvalue weighted by atomic mass is 16.6. The lowest BCUT2D eigenvalue weighted by Crippen LogP contribution is -2.56. The van der Waals surface area contributed by atoms with E-state index in [0.29, 0.717) is 58.0 Å². The first kappa shape index (κ1) is 32.3. The van der Waals surface area contributed by atoms with Crippen molar-refractivity contribution in [3.05, 3.63) is 64.2 Å². The zero-order valence-corrected chi connectivity index (χ0v) is 27.6. The fourth-order valence-corrected chi connectivity index (χ4v) is 7.49. The molecule has 46 heavy (non-hydrogen) atoms. The van der Waals surface area contributed by atoms with Crippen LogP contribution in [0.4, 0.5) is 15.3 Å². The van der Waals surface area contributed by atoms with E-state index in [4.69, 9.17) is 9.47 Å². The first-order valence-corrected chi connectivity index (χ1v) is 17.0. The molecule has 2 aromatic carbocycles. The van der Waals surface area contributed by atoms with E-state index < -0.39 is 12.2 Å². The number of nitrogens with one attached hydrogen (secondary N) is 1. The smallest absolute Gasteiger partial charge is 0.410 e. The molecule has 0 radical (unpaired) electrons. The predicted molar refractivity (Wildman–Crippen MR) is 177 cm³/mol. The monoisotopic (exact) mass is 631 g/mol. The fraction of sp³-hybridized carbons (Fsp3) is 0.583. The van der Waals surface area contributed by atoms with Crippen molar-refractivity contribution in [2.45, 2.75) is 77.5 Å². The van der Waals surface area contributed by atoms with Crippen LogP contribution in [0.15, 0.2) is 36.4 Å². The minimum absolute atomic E-state index is 0.0429. The lowest BCUT2D eigenvalue weighted by Gasteiger charge is -2.41. The van der Waals surface area contributed by atoms with Gasteiger partial charge < -0.3 is 29.5 Å². The molecule has 0 saturated carbocycles. The van der Waals surface area contributed by atoms with Crippen LogP contribution in [0.3, 0.4) is 0 Å². The van der Waals surface area contributed by atoms with Gasteiger partial charge in [-0.2, -0.15) is 0 Å². The summed E-state index contributed by atoms with van der Waals surface area (Å²) in [5.41, 5.74) is 6.58. The largest absolute Gasteiger partial charge is 0.436 e. The second-order valence-corrected chi connectivity index (χ2v) is 13.4. The quantitative estimate of drug-likeness (QED) is 0.504. The van der Waals surface area contributed by atoms with Crippen molar-refractivity contribution < 1.29 is 23.9 Å². The maximum absolute atomic E-state index is 14.0. The number of para-hydroxylation sites is 1. The van der Waals surface area contributed by atoms with Crippen LogP contribution in [0.1, 0.15) is 53.5 Å². The van der Waals surface area contributed by atoms with Gasteiger partial charge in [0.1, 0.15) is 0 Å². The van der Waals surface area contributed by atoms with Gasteiger partial charge >= 0.3 is 12.1 Å². The number of hydrogen-bond donors (Lipinski definition) is 1. The highest BCUT2D eigenvalue weighted by Crippen LogP contribution is 2.26. The summed E-state index contributed by atoms with van der Waals surface area (Å²) >= 11 is 0. The molecule has 3 saturated heterocycles. The van der Waals surface area contributed by atoms with Gasteiger partial charge in [0.2, 0.25) is 0 Å². The summed E-state index contributed by atoms with van der Waals surface area (Å²) in [5.74, 6) is -0.119. The number of piperazine rings is 1. The molecule has 10 heteroatoms. The van der Waals surface area contributed by atoms with E-state index in [1.807, 2.05) is 28.0 Å². The summed E-state index contributed by atoms with van der Waals surface area (Å²) in [6.45, 7) is 12.4. The van der Waals surface area contributed by atoms with Gasteiger partial charge in [0.05, 0.1) is 0 Å². The molecule has 1 atom stereocenters. The van der Waals surface area contributed by atoms with Crippen molar-refractivity contribution in [2.24, 2.45) is 0 Å². The fourth-order valence-electron chi connectivity index (χ4n) is 7.49. The second-order valence-electron chi connectivity index (χ2n) is 13.4. The first-order valence-electron chi connectivity index (χ1n) is 17.0. The van der Waals surface area contributed by atoms with Crippen molar-refractivity contribution >= 4 is 23.7 Å². The Labute approximate surface area is 273 Å². The van der Waals surface area contributed by atoms with E-state index in [-0.39, 0.29) is 18.0 Å². The van der Waals surface area contributed by atoms with Gasteiger partial charge in [-0.05, 0) is 86.8 Å². The maximum Gasteiger partial charge on any atom is 0.410 e. The predicted octanol–water partition coefficient (Wildman–Crippen LogP) is 4.54. The molecule has 0 aromatic heterocycles. The van der Waals surface area contributed by atoms with Gasteiger partial charge in [0.25, 0.3) is 5.91 Å². The molecular formula is C36H49N5O5. The van der Waals surface area contributed by atoms with Gasteiger partial charge in [0, 0.05) is 83.2 Å². The van der Waals surface area contributed by atoms with E-state index in [0.717, 1.165) is 62.4 Å². The zero-order valence-electron chi connectivity index (χ0n) is 27.6. The second kappa shape index (κ2) is 14.4. The third-order valence-electron chi connectivity index (χ3n) is 10.6. The Morgan fingerprint density at radius 3 is 2.24 bits per heavy atom. The van der Waals surface area contributed by atoms with E-state index in [2.05, 4.69) is 49.2 Å². The minimum atomic E-state index is -0.892. The number of aryl methyl sites for hydroxylation is 2. The lowest BCUT2D eigenvalue weighted by atomic mass is 9.97. The Bertz CT molecular complexity index is 1390. The van der Waals surface area contributed by atoms with Crippen molar-refractivity contribution in [3.63, 3.8) is 0 Å². The molecule has 4 heterocycles. The standard InChI is InChI=1S/C36H49N5O5/c1-25-22-28(23-26(2)27(25)3)24-33(34(42)39-18-16-38(17-19-39)30-11-20-45-21-12-30)46-36(44)40-13-9-31(10-14-40)41-15-8-29-6-4-5-7-32(29)37-35(41)43/h4-7,22-23,30-31,33H,8-21,24H2,1-3H3,(H,37,43)/t33-/m1/s1. The van der Waals surface area contributed by atoms with Gasteiger partial charge in [0.15, 0.2) is 6.10 Å². The van der Waals surface area contributed by atoms with E-state index in [1.165, 1.54) is 16.7 Å². The van der Waals surface area contributed by atoms with Gasteiger partial charge in [-0.1, -0.05) is 30.3 Å². The van der Waals surface area contributed by atoms with Gasteiger partial charge in [-0.3, -0.25) is 9.69 Å². The third-order valence-corrected chi connectivity index (χ3v) is 10.6. The summed E-state index contributed by atoms with van der Waals surface area (Å²) in [6, 6.07) is 12.6. The average molecular weight is 632 g/mol. The van der Waals surface area contributed by atoms with Crippen molar-refractivity contribution in [1.29, 1.82) is 0 Å². The van der Waals surface area contributed by atoms with Crippen LogP contribution in [0.25, 0.3) is 0 Å². The number of rotatable bonds is 6. The highest BCUT2D eigenvalue weighted by Gasteiger charge is 2.36. The Kier molecular flexibility index (Phi) is 10.1. The highest BCUT2D eigenvalue weighted by molar-refractivity contribution is 5.91. The summed E-state index contributed by atoms with van der Waals surface area (Å²) < 4.78 is 11.6. The van der Waals surface area contributed by atoms with Crippen LogP contribution < -0.4 is 5.32 Å². The van der Waals surface area contributed by atoms with E-state index >= 15 is 0 Å². The Morgan fingerprint density at radius 1 is 0.870 bits per heavy atom. The van der Waals surface area contributed by atoms with Crippen molar-refractivity contribution in [1.82, 2.24) is 19.6 Å². The number of likely N-dealkylation sites (tertiary alicyclic amines) is 1. The molecule has 0 aliphatic carbocycles. The van der Waals surface area contributed by atoms with Crippen LogP contribution in [-0.4, -0.2) is 115 Å². The Hall–Kier alpha value is -3.63. The number of anilines is 1. The van der Waals surface area contributed by atoms with E-state index in [1.54, 1.807) is 4.90 Å². The molecule has 4 aliphatic heterocycles. The molecule has 3 fully saturated rings. The third kappa shape index (κ3) is 7.33. The molecule has 4 amide bonds. The number of amides is 4. The van der Waals surface area contributed by atoms with Crippen molar-refractivity contribution in [2.75, 3.05) is 64.3 Å². The number of benzene rings is 2. The SMILES string of the molecule is Cc1cc(C[C@@H](OC(=O)N2CCC(N3CCc4ccccc4NC3=O)CC2)C(=O)N2CCN(C3CCOCC3)CC2)cc(C)c1C. The minimum Gasteiger partial charge on any atom is -0.436 e. The van der Waals surface area contributed by atoms with Crippen LogP contribution in [-0.2, 0) is 27.1 Å². The number of urea groups is 1. The van der Waals surface area contributed by atoms with Crippen LogP contribution >= 0.6 is 0 Å². The Balaban J connectivity index is 1.09. The number of piperidine rings is 1. The number of hydrogen-bond acceptors (Lipinski definition) is 6. The molecule has 0 bridgehead atoms. The normalized spacial score (nSPS) is 20.9. The molecule has 0 unspecified atom stereocenters. The molecule has 248 valence electrons. The van der Waals surface area contributed by atoms with E-state index in [9.17, 15) is 14.4 Å². The number of carbonyl (C=O) groups is 3. The Morgan fingerprint density at radius 2 is 1.54 bits per heavy atom. The summed E-state index contributed by atoms with van der Waals surface area (Å²) in [4.78, 5) is 48.7. The summed E-state index contributed by atoms with van der Waals surface area (Å²) in [5, 5.41) is 3.06. The molecule has 1 N–H and O–H groups in total. The molecule has 2 aromatic rings. The first-order chi connectivity index (χ1) is 22.3. The molecular weight excluding hydrogens is 582 g/mol. The topological polar surface area (TPSA) is 94.7 Å². The van der Waals surface area contributed by atoms with Crippen LogP contribution in [0.5, 0.6) is 0 Å². The number of ether oxygens (including phenoxy) is 2. The molecule has 4 aliphatic rings. The van der Waals surface area contributed by atoms with Crippen LogP contribution in [0.2, 0.25) is 0 Å². The van der Waals surface area contributed by atoms with Gasteiger partial charge in [-0.15, -0.1) is 0 Å². The number of carbonyl (C=O) groups excluding carboxylic acids is 3. The molecule has 10 nitrogen and oxygen atoms in total. The van der Waals surface area contributed by atoms with Crippen molar-refractivity contribution in [3.8, 4) is 0 Å². The number of nitrogens with zero attached hydrogens (tertiary/aromatic N) is 4. The summed E-state index contributed by atoms with van der Waals surface area (Å²) in [6.07, 6.45) is 3.20. The maximum atomic E-state index is 14.0. The summed E-state index contributed by atoms with van der Waals surface area (Å²) in [7, 11) is 0.